The van der Waals surface area contributed by atoms with Crippen molar-refractivity contribution in [2.24, 2.45) is 0 Å². The number of nitrogens with one attached hydrogen (secondary N) is 1. The first kappa shape index (κ1) is 11.7. The van der Waals surface area contributed by atoms with E-state index in [-0.39, 0.29) is 0 Å². The monoisotopic (exact) mass is 253 g/mol. The lowest BCUT2D eigenvalue weighted by Crippen LogP contribution is -2.33. The van der Waals surface area contributed by atoms with Crippen LogP contribution in [0.25, 0.3) is 0 Å². The second kappa shape index (κ2) is 5.11. The zero-order chi connectivity index (χ0) is 13.1. The SMILES string of the molecule is N#Cc1ccc(N2CCC(c3ccn[nH]3)CC2)cn1. The van der Waals surface area contributed by atoms with Gasteiger partial charge in [0.05, 0.1) is 11.9 Å². The highest BCUT2D eigenvalue weighted by molar-refractivity contribution is 5.46. The number of pyridine rings is 1. The van der Waals surface area contributed by atoms with Gasteiger partial charge in [0.2, 0.25) is 0 Å². The second-order valence-corrected chi connectivity index (χ2v) is 4.79. The Bertz CT molecular complexity index is 559. The van der Waals surface area contributed by atoms with Crippen molar-refractivity contribution >= 4 is 5.69 Å². The lowest BCUT2D eigenvalue weighted by Gasteiger charge is -2.32. The highest BCUT2D eigenvalue weighted by Gasteiger charge is 2.21. The Morgan fingerprint density at radius 1 is 1.26 bits per heavy atom. The topological polar surface area (TPSA) is 68.6 Å². The van der Waals surface area contributed by atoms with Crippen LogP contribution in [0.15, 0.2) is 30.6 Å². The summed E-state index contributed by atoms with van der Waals surface area (Å²) in [7, 11) is 0. The van der Waals surface area contributed by atoms with Gasteiger partial charge in [0.1, 0.15) is 11.8 Å². The van der Waals surface area contributed by atoms with E-state index in [1.165, 1.54) is 5.69 Å². The van der Waals surface area contributed by atoms with Gasteiger partial charge in [0.25, 0.3) is 0 Å². The van der Waals surface area contributed by atoms with Crippen LogP contribution in [-0.2, 0) is 0 Å². The highest BCUT2D eigenvalue weighted by atomic mass is 15.1. The summed E-state index contributed by atoms with van der Waals surface area (Å²) in [6.45, 7) is 2.02. The summed E-state index contributed by atoms with van der Waals surface area (Å²) in [5.74, 6) is 0.574. The predicted molar refractivity (Wildman–Crippen MR) is 71.7 cm³/mol. The summed E-state index contributed by atoms with van der Waals surface area (Å²) in [4.78, 5) is 6.44. The summed E-state index contributed by atoms with van der Waals surface area (Å²) in [5, 5.41) is 15.8. The number of hydrogen-bond acceptors (Lipinski definition) is 4. The van der Waals surface area contributed by atoms with Gasteiger partial charge in [-0.25, -0.2) is 4.98 Å². The molecule has 0 radical (unpaired) electrons. The Hall–Kier alpha value is -2.35. The predicted octanol–water partition coefficient (Wildman–Crippen LogP) is 2.06. The van der Waals surface area contributed by atoms with Gasteiger partial charge in [-0.3, -0.25) is 5.10 Å². The normalized spacial score (nSPS) is 16.3. The molecule has 2 aromatic heterocycles. The molecule has 0 unspecified atom stereocenters. The number of hydrogen-bond donors (Lipinski definition) is 1. The van der Waals surface area contributed by atoms with Crippen LogP contribution >= 0.6 is 0 Å². The van der Waals surface area contributed by atoms with Crippen LogP contribution in [0.5, 0.6) is 0 Å². The van der Waals surface area contributed by atoms with E-state index < -0.39 is 0 Å². The van der Waals surface area contributed by atoms with Crippen LogP contribution < -0.4 is 4.90 Å². The highest BCUT2D eigenvalue weighted by Crippen LogP contribution is 2.28. The van der Waals surface area contributed by atoms with Crippen molar-refractivity contribution in [3.8, 4) is 6.07 Å². The molecule has 1 N–H and O–H groups in total. The molecule has 3 heterocycles. The van der Waals surface area contributed by atoms with E-state index in [1.54, 1.807) is 12.3 Å². The molecule has 0 saturated carbocycles. The molecule has 1 aliphatic heterocycles. The molecule has 0 spiro atoms. The van der Waals surface area contributed by atoms with Gasteiger partial charge in [-0.05, 0) is 31.0 Å². The Morgan fingerprint density at radius 2 is 2.11 bits per heavy atom. The molecule has 0 aliphatic carbocycles. The zero-order valence-electron chi connectivity index (χ0n) is 10.6. The maximum Gasteiger partial charge on any atom is 0.140 e. The summed E-state index contributed by atoms with van der Waals surface area (Å²) >= 11 is 0. The third-order valence-electron chi connectivity index (χ3n) is 3.68. The average Bonchev–Trinajstić information content (AvgIpc) is 3.02. The fraction of sp³-hybridized carbons (Fsp3) is 0.357. The fourth-order valence-corrected chi connectivity index (χ4v) is 2.58. The zero-order valence-corrected chi connectivity index (χ0v) is 10.6. The van der Waals surface area contributed by atoms with E-state index in [4.69, 9.17) is 5.26 Å². The minimum absolute atomic E-state index is 0.469. The van der Waals surface area contributed by atoms with Crippen molar-refractivity contribution in [1.29, 1.82) is 5.26 Å². The van der Waals surface area contributed by atoms with E-state index in [2.05, 4.69) is 26.1 Å². The van der Waals surface area contributed by atoms with Gasteiger partial charge in [-0.1, -0.05) is 0 Å². The number of piperidine rings is 1. The first-order valence-corrected chi connectivity index (χ1v) is 6.47. The molecular formula is C14H15N5. The Morgan fingerprint density at radius 3 is 2.68 bits per heavy atom. The number of anilines is 1. The van der Waals surface area contributed by atoms with Crippen molar-refractivity contribution in [1.82, 2.24) is 15.2 Å². The first-order valence-electron chi connectivity index (χ1n) is 6.47. The van der Waals surface area contributed by atoms with Crippen LogP contribution in [0.3, 0.4) is 0 Å². The molecular weight excluding hydrogens is 238 g/mol. The molecule has 0 aromatic carbocycles. The maximum absolute atomic E-state index is 8.74. The molecule has 3 rings (SSSR count). The molecule has 19 heavy (non-hydrogen) atoms. The number of aromatic amines is 1. The van der Waals surface area contributed by atoms with Crippen molar-refractivity contribution < 1.29 is 0 Å². The number of aromatic nitrogens is 3. The van der Waals surface area contributed by atoms with E-state index in [1.807, 2.05) is 18.3 Å². The van der Waals surface area contributed by atoms with Crippen LogP contribution in [0.2, 0.25) is 0 Å². The Kier molecular flexibility index (Phi) is 3.15. The third kappa shape index (κ3) is 2.43. The smallest absolute Gasteiger partial charge is 0.140 e. The van der Waals surface area contributed by atoms with Gasteiger partial charge in [0, 0.05) is 30.9 Å². The van der Waals surface area contributed by atoms with Gasteiger partial charge in [-0.2, -0.15) is 10.4 Å². The number of H-pyrrole nitrogens is 1. The minimum Gasteiger partial charge on any atom is -0.370 e. The van der Waals surface area contributed by atoms with Gasteiger partial charge in [0.15, 0.2) is 0 Å². The van der Waals surface area contributed by atoms with Gasteiger partial charge >= 0.3 is 0 Å². The average molecular weight is 253 g/mol. The van der Waals surface area contributed by atoms with Gasteiger partial charge < -0.3 is 4.90 Å². The van der Waals surface area contributed by atoms with E-state index >= 15 is 0 Å². The quantitative estimate of drug-likeness (QED) is 0.889. The third-order valence-corrected chi connectivity index (χ3v) is 3.68. The largest absolute Gasteiger partial charge is 0.370 e. The maximum atomic E-state index is 8.74. The van der Waals surface area contributed by atoms with Crippen LogP contribution in [0, 0.1) is 11.3 Å². The van der Waals surface area contributed by atoms with Crippen LogP contribution in [0.4, 0.5) is 5.69 Å². The molecule has 5 nitrogen and oxygen atoms in total. The molecule has 1 fully saturated rings. The summed E-state index contributed by atoms with van der Waals surface area (Å²) in [6.07, 6.45) is 5.83. The lowest BCUT2D eigenvalue weighted by molar-refractivity contribution is 0.495. The number of nitrogens with zero attached hydrogens (tertiary/aromatic N) is 4. The van der Waals surface area contributed by atoms with Crippen molar-refractivity contribution in [3.63, 3.8) is 0 Å². The molecule has 5 heteroatoms. The van der Waals surface area contributed by atoms with E-state index in [0.717, 1.165) is 31.6 Å². The Labute approximate surface area is 111 Å². The first-order chi connectivity index (χ1) is 9.36. The number of nitriles is 1. The summed E-state index contributed by atoms with van der Waals surface area (Å²) < 4.78 is 0. The molecule has 1 aliphatic rings. The summed E-state index contributed by atoms with van der Waals surface area (Å²) in [6, 6.07) is 7.85. The lowest BCUT2D eigenvalue weighted by atomic mass is 9.93. The molecule has 1 saturated heterocycles. The van der Waals surface area contributed by atoms with Crippen molar-refractivity contribution in [3.05, 3.63) is 42.0 Å². The number of rotatable bonds is 2. The Balaban J connectivity index is 1.65. The van der Waals surface area contributed by atoms with Crippen LogP contribution in [-0.4, -0.2) is 28.3 Å². The van der Waals surface area contributed by atoms with Gasteiger partial charge in [-0.15, -0.1) is 0 Å². The summed E-state index contributed by atoms with van der Waals surface area (Å²) in [5.41, 5.74) is 2.80. The van der Waals surface area contributed by atoms with Crippen molar-refractivity contribution in [2.45, 2.75) is 18.8 Å². The van der Waals surface area contributed by atoms with Crippen molar-refractivity contribution in [2.75, 3.05) is 18.0 Å². The fourth-order valence-electron chi connectivity index (χ4n) is 2.58. The minimum atomic E-state index is 0.469. The molecule has 0 amide bonds. The van der Waals surface area contributed by atoms with Crippen LogP contribution in [0.1, 0.15) is 30.1 Å². The standard InChI is InChI=1S/C14H15N5/c15-9-12-1-2-13(10-16-12)19-7-4-11(5-8-19)14-3-6-17-18-14/h1-3,6,10-11H,4-5,7-8H2,(H,17,18). The van der Waals surface area contributed by atoms with E-state index in [9.17, 15) is 0 Å². The molecule has 2 aromatic rings. The molecule has 0 atom stereocenters. The molecule has 96 valence electrons. The molecule has 0 bridgehead atoms. The van der Waals surface area contributed by atoms with E-state index in [0.29, 0.717) is 11.6 Å². The second-order valence-electron chi connectivity index (χ2n) is 4.79.